The molecule has 0 fully saturated rings. The molecule has 0 spiro atoms. The maximum atomic E-state index is 6.92. The zero-order valence-electron chi connectivity index (χ0n) is 43.3. The number of rotatable bonds is 4. The lowest BCUT2D eigenvalue weighted by molar-refractivity contribution is 0.590. The second-order valence-electron chi connectivity index (χ2n) is 24.4. The molecule has 5 heteroatoms. The van der Waals surface area contributed by atoms with Crippen LogP contribution in [0, 0.1) is 6.92 Å². The van der Waals surface area contributed by atoms with Crippen molar-refractivity contribution in [3.05, 3.63) is 179 Å². The average molecular weight is 914 g/mol. The molecular formula is C65H64BN3O. The molecule has 0 atom stereocenters. The van der Waals surface area contributed by atoms with Crippen molar-refractivity contribution in [1.29, 1.82) is 0 Å². The van der Waals surface area contributed by atoms with E-state index in [-0.39, 0.29) is 28.5 Å². The van der Waals surface area contributed by atoms with E-state index in [1.807, 2.05) is 0 Å². The minimum absolute atomic E-state index is 0.00928. The number of furan rings is 1. The van der Waals surface area contributed by atoms with Crippen LogP contribution in [-0.4, -0.2) is 11.3 Å². The lowest BCUT2D eigenvalue weighted by Crippen LogP contribution is -2.56. The summed E-state index contributed by atoms with van der Waals surface area (Å²) in [7, 11) is 0. The highest BCUT2D eigenvalue weighted by Crippen LogP contribution is 2.50. The highest BCUT2D eigenvalue weighted by Gasteiger charge is 2.44. The van der Waals surface area contributed by atoms with Gasteiger partial charge < -0.3 is 18.7 Å². The van der Waals surface area contributed by atoms with Crippen LogP contribution in [0.4, 0.5) is 34.1 Å². The molecule has 0 amide bonds. The molecule has 70 heavy (non-hydrogen) atoms. The molecule has 2 aliphatic rings. The third-order valence-electron chi connectivity index (χ3n) is 15.4. The van der Waals surface area contributed by atoms with Crippen LogP contribution in [-0.2, 0) is 21.7 Å². The number of para-hydroxylation sites is 2. The lowest BCUT2D eigenvalue weighted by Gasteiger charge is -2.41. The number of anilines is 6. The number of nitrogens with zero attached hydrogens (tertiary/aromatic N) is 3. The quantitative estimate of drug-likeness (QED) is 0.164. The summed E-state index contributed by atoms with van der Waals surface area (Å²) in [5, 5.41) is 4.88. The SMILES string of the molecule is Cc1cc2c3c(c1)N(c1cccc4c1oc1ccccc14)c1ccc(N(c4ccc(C(C)(C)C)cc4)c4ccc(C(C)(C)C)cc4)cc1B3n1c3ccc(C(C)(C)C)cc3c3cc(C(C)(C)C)cc-2c31. The van der Waals surface area contributed by atoms with Gasteiger partial charge in [0.2, 0.25) is 0 Å². The molecule has 0 unspecified atom stereocenters. The van der Waals surface area contributed by atoms with Gasteiger partial charge in [0, 0.05) is 66.6 Å². The van der Waals surface area contributed by atoms with E-state index in [0.29, 0.717) is 0 Å². The first-order chi connectivity index (χ1) is 33.1. The summed E-state index contributed by atoms with van der Waals surface area (Å²) < 4.78 is 9.63. The Morgan fingerprint density at radius 1 is 0.443 bits per heavy atom. The smallest absolute Gasteiger partial charge is 0.333 e. The topological polar surface area (TPSA) is 24.6 Å². The maximum absolute atomic E-state index is 6.92. The molecule has 0 saturated heterocycles. The van der Waals surface area contributed by atoms with Crippen LogP contribution in [0.3, 0.4) is 0 Å². The van der Waals surface area contributed by atoms with Crippen LogP contribution in [0.25, 0.3) is 54.9 Å². The highest BCUT2D eigenvalue weighted by molar-refractivity contribution is 6.90. The van der Waals surface area contributed by atoms with Crippen molar-refractivity contribution in [2.75, 3.05) is 9.80 Å². The van der Waals surface area contributed by atoms with Crippen molar-refractivity contribution in [1.82, 2.24) is 4.48 Å². The summed E-state index contributed by atoms with van der Waals surface area (Å²) in [5.74, 6) is 0. The largest absolute Gasteiger partial charge is 0.454 e. The van der Waals surface area contributed by atoms with Crippen molar-refractivity contribution < 1.29 is 4.42 Å². The molecule has 0 N–H and O–H groups in total. The zero-order chi connectivity index (χ0) is 49.0. The Morgan fingerprint density at radius 3 is 1.67 bits per heavy atom. The third kappa shape index (κ3) is 6.78. The molecule has 0 radical (unpaired) electrons. The molecule has 0 saturated carbocycles. The normalized spacial score (nSPS) is 13.7. The van der Waals surface area contributed by atoms with Crippen LogP contribution < -0.4 is 20.7 Å². The number of aromatic nitrogens is 1. The fourth-order valence-electron chi connectivity index (χ4n) is 11.5. The zero-order valence-corrected chi connectivity index (χ0v) is 43.3. The van der Waals surface area contributed by atoms with E-state index in [0.717, 1.165) is 50.4 Å². The Bertz CT molecular complexity index is 3710. The molecule has 4 heterocycles. The number of hydrogen-bond acceptors (Lipinski definition) is 3. The predicted octanol–water partition coefficient (Wildman–Crippen LogP) is 17.1. The van der Waals surface area contributed by atoms with Gasteiger partial charge in [-0.05, 0) is 158 Å². The predicted molar refractivity (Wildman–Crippen MR) is 301 cm³/mol. The van der Waals surface area contributed by atoms with Crippen LogP contribution >= 0.6 is 0 Å². The first-order valence-electron chi connectivity index (χ1n) is 25.3. The molecule has 348 valence electrons. The Kier molecular flexibility index (Phi) is 9.49. The van der Waals surface area contributed by atoms with Gasteiger partial charge in [-0.1, -0.05) is 150 Å². The van der Waals surface area contributed by atoms with Gasteiger partial charge in [0.1, 0.15) is 5.58 Å². The third-order valence-corrected chi connectivity index (χ3v) is 15.4. The molecule has 0 bridgehead atoms. The van der Waals surface area contributed by atoms with Crippen molar-refractivity contribution in [2.24, 2.45) is 0 Å². The van der Waals surface area contributed by atoms with E-state index in [2.05, 4.69) is 256 Å². The molecule has 10 aromatic rings. The van der Waals surface area contributed by atoms with E-state index in [1.54, 1.807) is 0 Å². The minimum atomic E-state index is -0.131. The van der Waals surface area contributed by atoms with Gasteiger partial charge in [-0.3, -0.25) is 0 Å². The standard InChI is InChI=1S/C65H64BN3O/c1-39-33-50-52-37-43(65(11,12)13)36-51-49-35-42(64(8,9)10)25-31-54(49)69(60(51)52)66-53-38-46(67(44-26-21-40(22-27-44)62(2,3)4)45-28-23-41(24-29-45)63(5,6)7)30-32-55(53)68(57(34-39)59(50)66)56-19-16-18-48-47-17-14-15-20-58(47)70-61(48)56/h14-38H,1-13H3. The van der Waals surface area contributed by atoms with Crippen molar-refractivity contribution in [2.45, 2.75) is 112 Å². The van der Waals surface area contributed by atoms with Gasteiger partial charge in [0.25, 0.3) is 0 Å². The van der Waals surface area contributed by atoms with E-state index in [9.17, 15) is 0 Å². The van der Waals surface area contributed by atoms with Crippen molar-refractivity contribution in [3.8, 4) is 11.1 Å². The van der Waals surface area contributed by atoms with Crippen LogP contribution in [0.5, 0.6) is 0 Å². The van der Waals surface area contributed by atoms with Crippen molar-refractivity contribution in [3.63, 3.8) is 0 Å². The first-order valence-corrected chi connectivity index (χ1v) is 25.3. The van der Waals surface area contributed by atoms with Crippen LogP contribution in [0.1, 0.15) is 111 Å². The van der Waals surface area contributed by atoms with Crippen LogP contribution in [0.2, 0.25) is 0 Å². The average Bonchev–Trinajstić information content (AvgIpc) is 3.86. The number of aryl methyl sites for hydroxylation is 1. The van der Waals surface area contributed by atoms with Gasteiger partial charge >= 0.3 is 6.85 Å². The van der Waals surface area contributed by atoms with Crippen molar-refractivity contribution >= 4 is 95.6 Å². The highest BCUT2D eigenvalue weighted by atomic mass is 16.3. The number of fused-ring (bicyclic) bond motifs is 10. The Balaban J connectivity index is 1.20. The summed E-state index contributed by atoms with van der Waals surface area (Å²) in [4.78, 5) is 4.98. The molecule has 0 aliphatic carbocycles. The Morgan fingerprint density at radius 2 is 1.03 bits per heavy atom. The molecule has 2 aliphatic heterocycles. The first kappa shape index (κ1) is 44.2. The molecule has 8 aromatic carbocycles. The second-order valence-corrected chi connectivity index (χ2v) is 24.4. The Labute approximate surface area is 414 Å². The molecule has 2 aromatic heterocycles. The molecular weight excluding hydrogens is 850 g/mol. The summed E-state index contributed by atoms with van der Waals surface area (Å²) in [5.41, 5.74) is 22.8. The van der Waals surface area contributed by atoms with E-state index < -0.39 is 0 Å². The lowest BCUT2D eigenvalue weighted by atomic mass is 9.45. The minimum Gasteiger partial charge on any atom is -0.454 e. The fraction of sp³-hybridized carbons (Fsp3) is 0.262. The molecule has 4 nitrogen and oxygen atoms in total. The second kappa shape index (κ2) is 15.0. The van der Waals surface area contributed by atoms with E-state index in [1.165, 1.54) is 77.4 Å². The van der Waals surface area contributed by atoms with E-state index >= 15 is 0 Å². The molecule has 12 rings (SSSR count). The van der Waals surface area contributed by atoms with Gasteiger partial charge in [0.15, 0.2) is 5.58 Å². The monoisotopic (exact) mass is 914 g/mol. The maximum Gasteiger partial charge on any atom is 0.333 e. The summed E-state index contributed by atoms with van der Waals surface area (Å²) in [6.45, 7) is 29.9. The van der Waals surface area contributed by atoms with E-state index in [4.69, 9.17) is 4.42 Å². The summed E-state index contributed by atoms with van der Waals surface area (Å²) >= 11 is 0. The number of hydrogen-bond donors (Lipinski definition) is 0. The van der Waals surface area contributed by atoms with Gasteiger partial charge in [-0.2, -0.15) is 0 Å². The van der Waals surface area contributed by atoms with Gasteiger partial charge in [0.05, 0.1) is 5.69 Å². The summed E-state index contributed by atoms with van der Waals surface area (Å²) in [6, 6.07) is 58.0. The van der Waals surface area contributed by atoms with Gasteiger partial charge in [-0.25, -0.2) is 0 Å². The summed E-state index contributed by atoms with van der Waals surface area (Å²) in [6.07, 6.45) is 0. The van der Waals surface area contributed by atoms with Crippen LogP contribution in [0.15, 0.2) is 156 Å². The number of benzene rings is 8. The Hall–Kier alpha value is -6.98. The fourth-order valence-corrected chi connectivity index (χ4v) is 11.5. The van der Waals surface area contributed by atoms with Gasteiger partial charge in [-0.15, -0.1) is 0 Å².